The number of benzene rings is 1. The van der Waals surface area contributed by atoms with Gasteiger partial charge in [0.2, 0.25) is 5.91 Å². The first kappa shape index (κ1) is 15.4. The van der Waals surface area contributed by atoms with Gasteiger partial charge in [0, 0.05) is 12.5 Å². The number of hydrogen-bond acceptors (Lipinski definition) is 3. The molecule has 5 heteroatoms. The van der Waals surface area contributed by atoms with Crippen molar-refractivity contribution in [3.8, 4) is 0 Å². The number of nitrogens with zero attached hydrogens (tertiary/aromatic N) is 1. The van der Waals surface area contributed by atoms with E-state index in [1.54, 1.807) is 23.1 Å². The zero-order chi connectivity index (χ0) is 15.2. The van der Waals surface area contributed by atoms with Gasteiger partial charge in [-0.3, -0.25) is 9.59 Å². The average molecular weight is 290 g/mol. The molecule has 0 aromatic heterocycles. The smallest absolute Gasteiger partial charge is 0.305 e. The summed E-state index contributed by atoms with van der Waals surface area (Å²) in [6.45, 7) is 0.166. The van der Waals surface area contributed by atoms with E-state index in [1.165, 1.54) is 6.42 Å². The number of amides is 1. The molecule has 0 radical (unpaired) electrons. The topological polar surface area (TPSA) is 83.6 Å². The first-order chi connectivity index (χ1) is 10.1. The second-order valence-corrected chi connectivity index (χ2v) is 5.53. The van der Waals surface area contributed by atoms with Crippen molar-refractivity contribution < 1.29 is 14.7 Å². The zero-order valence-electron chi connectivity index (χ0n) is 12.1. The summed E-state index contributed by atoms with van der Waals surface area (Å²) in [6.07, 6.45) is 4.99. The van der Waals surface area contributed by atoms with E-state index in [-0.39, 0.29) is 24.8 Å². The number of anilines is 2. The molecule has 1 amide bonds. The van der Waals surface area contributed by atoms with E-state index < -0.39 is 5.97 Å². The molecular weight excluding hydrogens is 268 g/mol. The molecule has 1 aromatic rings. The first-order valence-electron chi connectivity index (χ1n) is 7.47. The van der Waals surface area contributed by atoms with E-state index in [0.717, 1.165) is 25.7 Å². The summed E-state index contributed by atoms with van der Waals surface area (Å²) >= 11 is 0. The van der Waals surface area contributed by atoms with Crippen LogP contribution in [0.2, 0.25) is 0 Å². The van der Waals surface area contributed by atoms with Crippen LogP contribution in [0.3, 0.4) is 0 Å². The van der Waals surface area contributed by atoms with Crippen molar-refractivity contribution in [2.24, 2.45) is 5.92 Å². The zero-order valence-corrected chi connectivity index (χ0v) is 12.1. The number of aliphatic carboxylic acids is 1. The van der Waals surface area contributed by atoms with Crippen LogP contribution in [0.25, 0.3) is 0 Å². The summed E-state index contributed by atoms with van der Waals surface area (Å²) in [5, 5.41) is 8.90. The number of para-hydroxylation sites is 2. The standard InChI is InChI=1S/C16H22N2O3/c17-13-8-4-5-9-14(13)18(11-10-15(19)20)16(21)12-6-2-1-3-7-12/h4-5,8-9,12H,1-3,6-7,10-11,17H2,(H,19,20). The van der Waals surface area contributed by atoms with Gasteiger partial charge in [-0.15, -0.1) is 0 Å². The summed E-state index contributed by atoms with van der Waals surface area (Å²) in [7, 11) is 0. The van der Waals surface area contributed by atoms with Gasteiger partial charge >= 0.3 is 5.97 Å². The minimum atomic E-state index is -0.911. The Balaban J connectivity index is 2.20. The molecule has 3 N–H and O–H groups in total. The van der Waals surface area contributed by atoms with Gasteiger partial charge in [-0.2, -0.15) is 0 Å². The highest BCUT2D eigenvalue weighted by molar-refractivity contribution is 5.98. The fourth-order valence-electron chi connectivity index (χ4n) is 2.86. The summed E-state index contributed by atoms with van der Waals surface area (Å²) in [5.74, 6) is -0.910. The van der Waals surface area contributed by atoms with Gasteiger partial charge in [0.1, 0.15) is 0 Å². The number of carboxylic acid groups (broad SMARTS) is 1. The van der Waals surface area contributed by atoms with Crippen LogP contribution < -0.4 is 10.6 Å². The van der Waals surface area contributed by atoms with E-state index in [9.17, 15) is 9.59 Å². The molecular formula is C16H22N2O3. The van der Waals surface area contributed by atoms with Crippen LogP contribution in [-0.2, 0) is 9.59 Å². The van der Waals surface area contributed by atoms with E-state index >= 15 is 0 Å². The third-order valence-corrected chi connectivity index (χ3v) is 4.00. The Morgan fingerprint density at radius 3 is 2.48 bits per heavy atom. The molecule has 21 heavy (non-hydrogen) atoms. The molecule has 0 aliphatic heterocycles. The van der Waals surface area contributed by atoms with Crippen LogP contribution in [-0.4, -0.2) is 23.5 Å². The summed E-state index contributed by atoms with van der Waals surface area (Å²) in [6, 6.07) is 7.13. The fraction of sp³-hybridized carbons (Fsp3) is 0.500. The third-order valence-electron chi connectivity index (χ3n) is 4.00. The van der Waals surface area contributed by atoms with Gasteiger partial charge in [0.15, 0.2) is 0 Å². The van der Waals surface area contributed by atoms with Crippen LogP contribution in [0, 0.1) is 5.92 Å². The fourth-order valence-corrected chi connectivity index (χ4v) is 2.86. The van der Waals surface area contributed by atoms with Crippen LogP contribution in [0.5, 0.6) is 0 Å². The molecule has 0 heterocycles. The van der Waals surface area contributed by atoms with Crippen molar-refractivity contribution in [2.75, 3.05) is 17.2 Å². The summed E-state index contributed by atoms with van der Waals surface area (Å²) in [5.41, 5.74) is 7.08. The number of hydrogen-bond donors (Lipinski definition) is 2. The second-order valence-electron chi connectivity index (χ2n) is 5.53. The third kappa shape index (κ3) is 3.97. The number of nitrogen functional groups attached to an aromatic ring is 1. The van der Waals surface area contributed by atoms with Gasteiger partial charge in [-0.1, -0.05) is 31.4 Å². The minimum Gasteiger partial charge on any atom is -0.481 e. The number of carboxylic acids is 1. The Morgan fingerprint density at radius 2 is 1.86 bits per heavy atom. The van der Waals surface area contributed by atoms with Gasteiger partial charge in [0.05, 0.1) is 17.8 Å². The predicted molar refractivity (Wildman–Crippen MR) is 82.0 cm³/mol. The van der Waals surface area contributed by atoms with E-state index in [2.05, 4.69) is 0 Å². The highest BCUT2D eigenvalue weighted by atomic mass is 16.4. The molecule has 0 unspecified atom stereocenters. The van der Waals surface area contributed by atoms with Crippen molar-refractivity contribution >= 4 is 23.3 Å². The molecule has 5 nitrogen and oxygen atoms in total. The predicted octanol–water partition coefficient (Wildman–Crippen LogP) is 2.66. The average Bonchev–Trinajstić information content (AvgIpc) is 2.49. The Labute approximate surface area is 124 Å². The molecule has 1 aliphatic carbocycles. The van der Waals surface area contributed by atoms with Crippen LogP contribution in [0.1, 0.15) is 38.5 Å². The maximum absolute atomic E-state index is 12.7. The largest absolute Gasteiger partial charge is 0.481 e. The van der Waals surface area contributed by atoms with Crippen LogP contribution in [0.15, 0.2) is 24.3 Å². The molecule has 0 saturated heterocycles. The van der Waals surface area contributed by atoms with Gasteiger partial charge in [-0.25, -0.2) is 0 Å². The lowest BCUT2D eigenvalue weighted by atomic mass is 9.88. The van der Waals surface area contributed by atoms with Gasteiger partial charge < -0.3 is 15.7 Å². The molecule has 1 fully saturated rings. The van der Waals surface area contributed by atoms with E-state index in [0.29, 0.717) is 11.4 Å². The van der Waals surface area contributed by atoms with Crippen LogP contribution in [0.4, 0.5) is 11.4 Å². The van der Waals surface area contributed by atoms with Gasteiger partial charge in [-0.05, 0) is 25.0 Å². The lowest BCUT2D eigenvalue weighted by molar-refractivity contribution is -0.136. The highest BCUT2D eigenvalue weighted by Crippen LogP contribution is 2.30. The monoisotopic (exact) mass is 290 g/mol. The normalized spacial score (nSPS) is 15.6. The van der Waals surface area contributed by atoms with Crippen molar-refractivity contribution in [3.63, 3.8) is 0 Å². The van der Waals surface area contributed by atoms with Crippen molar-refractivity contribution in [1.29, 1.82) is 0 Å². The van der Waals surface area contributed by atoms with E-state index in [4.69, 9.17) is 10.8 Å². The van der Waals surface area contributed by atoms with Crippen molar-refractivity contribution in [1.82, 2.24) is 0 Å². The molecule has 114 valence electrons. The molecule has 0 bridgehead atoms. The summed E-state index contributed by atoms with van der Waals surface area (Å²) < 4.78 is 0. The second kappa shape index (κ2) is 7.11. The number of carbonyl (C=O) groups excluding carboxylic acids is 1. The van der Waals surface area contributed by atoms with Crippen LogP contribution >= 0.6 is 0 Å². The molecule has 0 atom stereocenters. The summed E-state index contributed by atoms with van der Waals surface area (Å²) in [4.78, 5) is 25.1. The Morgan fingerprint density at radius 1 is 1.19 bits per heavy atom. The maximum Gasteiger partial charge on any atom is 0.305 e. The molecule has 0 spiro atoms. The van der Waals surface area contributed by atoms with Gasteiger partial charge in [0.25, 0.3) is 0 Å². The minimum absolute atomic E-state index is 0.00727. The highest BCUT2D eigenvalue weighted by Gasteiger charge is 2.28. The SMILES string of the molecule is Nc1ccccc1N(CCC(=O)O)C(=O)C1CCCCC1. The number of carbonyl (C=O) groups is 2. The molecule has 1 saturated carbocycles. The maximum atomic E-state index is 12.7. The number of rotatable bonds is 5. The quantitative estimate of drug-likeness (QED) is 0.817. The Kier molecular flexibility index (Phi) is 5.20. The Bertz CT molecular complexity index is 510. The molecule has 1 aromatic carbocycles. The lowest BCUT2D eigenvalue weighted by Gasteiger charge is -2.29. The molecule has 2 rings (SSSR count). The Hall–Kier alpha value is -2.04. The lowest BCUT2D eigenvalue weighted by Crippen LogP contribution is -2.39. The van der Waals surface area contributed by atoms with Crippen molar-refractivity contribution in [3.05, 3.63) is 24.3 Å². The van der Waals surface area contributed by atoms with Crippen molar-refractivity contribution in [2.45, 2.75) is 38.5 Å². The first-order valence-corrected chi connectivity index (χ1v) is 7.47. The van der Waals surface area contributed by atoms with E-state index in [1.807, 2.05) is 6.07 Å². The number of nitrogens with two attached hydrogens (primary N) is 1. The molecule has 1 aliphatic rings.